The van der Waals surface area contributed by atoms with Gasteiger partial charge in [0.25, 0.3) is 0 Å². The molecule has 0 radical (unpaired) electrons. The Bertz CT molecular complexity index is 748. The van der Waals surface area contributed by atoms with Gasteiger partial charge in [-0.1, -0.05) is 51.4 Å². The molecule has 0 aromatic carbocycles. The van der Waals surface area contributed by atoms with Crippen molar-refractivity contribution in [1.29, 1.82) is 0 Å². The SMILES string of the molecule is CCCCCCCCCC#CC#CC#CC#CC#CC#CC(=O)O. The van der Waals surface area contributed by atoms with Gasteiger partial charge in [0.05, 0.1) is 0 Å². The van der Waals surface area contributed by atoms with E-state index in [9.17, 15) is 4.79 Å². The lowest BCUT2D eigenvalue weighted by molar-refractivity contribution is -0.130. The average Bonchev–Trinajstić information content (AvgIpc) is 2.56. The van der Waals surface area contributed by atoms with Crippen LogP contribution in [0.15, 0.2) is 0 Å². The molecule has 0 saturated carbocycles. The molecule has 24 heavy (non-hydrogen) atoms. The lowest BCUT2D eigenvalue weighted by Gasteiger charge is -1.97. The standard InChI is InChI=1S/C22H20O2/c1-2-3-4-5-6-7-8-9-10-11-12-13-14-15-16-17-18-19-20-21-22(23)24/h2-9H2,1H3,(H,23,24). The number of carboxylic acid groups (broad SMARTS) is 1. The quantitative estimate of drug-likeness (QED) is 0.578. The van der Waals surface area contributed by atoms with Crippen LogP contribution in [0.4, 0.5) is 0 Å². The minimum Gasteiger partial charge on any atom is -0.472 e. The molecular formula is C22H20O2. The zero-order valence-electron chi connectivity index (χ0n) is 14.0. The molecule has 0 bridgehead atoms. The Morgan fingerprint density at radius 3 is 1.67 bits per heavy atom. The molecule has 0 aliphatic rings. The van der Waals surface area contributed by atoms with Gasteiger partial charge in [-0.2, -0.15) is 0 Å². The highest BCUT2D eigenvalue weighted by Crippen LogP contribution is 2.07. The van der Waals surface area contributed by atoms with Crippen LogP contribution < -0.4 is 0 Å². The van der Waals surface area contributed by atoms with Crippen LogP contribution in [-0.2, 0) is 4.79 Å². The first-order valence-corrected chi connectivity index (χ1v) is 7.99. The molecule has 0 amide bonds. The van der Waals surface area contributed by atoms with Gasteiger partial charge in [-0.3, -0.25) is 0 Å². The first-order valence-electron chi connectivity index (χ1n) is 7.99. The van der Waals surface area contributed by atoms with E-state index in [1.165, 1.54) is 38.5 Å². The summed E-state index contributed by atoms with van der Waals surface area (Å²) in [6, 6.07) is 0. The zero-order valence-corrected chi connectivity index (χ0v) is 14.0. The number of rotatable bonds is 7. The molecule has 2 nitrogen and oxygen atoms in total. The van der Waals surface area contributed by atoms with Crippen molar-refractivity contribution in [2.45, 2.75) is 58.3 Å². The molecule has 0 spiro atoms. The molecule has 0 aromatic rings. The minimum atomic E-state index is -1.22. The maximum atomic E-state index is 10.1. The van der Waals surface area contributed by atoms with Crippen LogP contribution in [0.1, 0.15) is 58.3 Å². The van der Waals surface area contributed by atoms with Gasteiger partial charge in [0.15, 0.2) is 0 Å². The summed E-state index contributed by atoms with van der Waals surface area (Å²) >= 11 is 0. The number of aliphatic carboxylic acids is 1. The van der Waals surface area contributed by atoms with Crippen molar-refractivity contribution in [2.75, 3.05) is 0 Å². The second-order valence-corrected chi connectivity index (χ2v) is 4.73. The normalized spacial score (nSPS) is 7.04. The van der Waals surface area contributed by atoms with Crippen molar-refractivity contribution in [1.82, 2.24) is 0 Å². The predicted octanol–water partition coefficient (Wildman–Crippen LogP) is 3.23. The third kappa shape index (κ3) is 18.8. The molecule has 0 atom stereocenters. The Labute approximate surface area is 145 Å². The lowest BCUT2D eigenvalue weighted by Crippen LogP contribution is -1.85. The fourth-order valence-electron chi connectivity index (χ4n) is 1.61. The number of hydrogen-bond acceptors (Lipinski definition) is 1. The highest BCUT2D eigenvalue weighted by Gasteiger charge is 1.88. The third-order valence-electron chi connectivity index (χ3n) is 2.73. The summed E-state index contributed by atoms with van der Waals surface area (Å²) in [5.74, 6) is 28.3. The summed E-state index contributed by atoms with van der Waals surface area (Å²) in [5.41, 5.74) is 0. The Morgan fingerprint density at radius 1 is 0.667 bits per heavy atom. The molecule has 0 fully saturated rings. The van der Waals surface area contributed by atoms with Crippen molar-refractivity contribution in [3.63, 3.8) is 0 Å². The van der Waals surface area contributed by atoms with Crippen molar-refractivity contribution in [3.05, 3.63) is 0 Å². The summed E-state index contributed by atoms with van der Waals surface area (Å²) in [5, 5.41) is 8.23. The van der Waals surface area contributed by atoms with Crippen LogP contribution in [0.3, 0.4) is 0 Å². The summed E-state index contributed by atoms with van der Waals surface area (Å²) in [6.45, 7) is 2.22. The third-order valence-corrected chi connectivity index (χ3v) is 2.73. The van der Waals surface area contributed by atoms with E-state index < -0.39 is 5.97 Å². The van der Waals surface area contributed by atoms with E-state index in [-0.39, 0.29) is 0 Å². The van der Waals surface area contributed by atoms with Crippen molar-refractivity contribution < 1.29 is 9.90 Å². The van der Waals surface area contributed by atoms with Gasteiger partial charge in [0, 0.05) is 12.3 Å². The fourth-order valence-corrected chi connectivity index (χ4v) is 1.61. The Morgan fingerprint density at radius 2 is 1.12 bits per heavy atom. The van der Waals surface area contributed by atoms with Crippen molar-refractivity contribution in [2.24, 2.45) is 0 Å². The Kier molecular flexibility index (Phi) is 15.5. The van der Waals surface area contributed by atoms with E-state index >= 15 is 0 Å². The van der Waals surface area contributed by atoms with Crippen LogP contribution in [0.5, 0.6) is 0 Å². The van der Waals surface area contributed by atoms with E-state index in [4.69, 9.17) is 5.11 Å². The molecule has 120 valence electrons. The van der Waals surface area contributed by atoms with Gasteiger partial charge in [-0.15, -0.1) is 0 Å². The molecule has 2 heteroatoms. The van der Waals surface area contributed by atoms with Crippen LogP contribution in [-0.4, -0.2) is 11.1 Å². The monoisotopic (exact) mass is 316 g/mol. The zero-order chi connectivity index (χ0) is 17.7. The Hall–Kier alpha value is -3.17. The van der Waals surface area contributed by atoms with Gasteiger partial charge in [-0.25, -0.2) is 4.79 Å². The van der Waals surface area contributed by atoms with Gasteiger partial charge < -0.3 is 5.11 Å². The largest absolute Gasteiger partial charge is 0.472 e. The van der Waals surface area contributed by atoms with Gasteiger partial charge >= 0.3 is 5.97 Å². The second kappa shape index (κ2) is 17.9. The molecule has 0 unspecified atom stereocenters. The predicted molar refractivity (Wildman–Crippen MR) is 96.9 cm³/mol. The van der Waals surface area contributed by atoms with E-state index in [0.29, 0.717) is 0 Å². The van der Waals surface area contributed by atoms with E-state index in [1.807, 2.05) is 5.92 Å². The molecule has 0 aromatic heterocycles. The Balaban J connectivity index is 3.84. The van der Waals surface area contributed by atoms with Gasteiger partial charge in [0.1, 0.15) is 0 Å². The summed E-state index contributed by atoms with van der Waals surface area (Å²) in [4.78, 5) is 10.1. The van der Waals surface area contributed by atoms with Crippen LogP contribution in [0.25, 0.3) is 0 Å². The van der Waals surface area contributed by atoms with Gasteiger partial charge in [-0.05, 0) is 65.6 Å². The molecule has 0 rings (SSSR count). The lowest BCUT2D eigenvalue weighted by atomic mass is 10.1. The van der Waals surface area contributed by atoms with Crippen LogP contribution >= 0.6 is 0 Å². The maximum absolute atomic E-state index is 10.1. The van der Waals surface area contributed by atoms with E-state index in [1.54, 1.807) is 0 Å². The first kappa shape index (κ1) is 20.8. The molecular weight excluding hydrogens is 296 g/mol. The minimum absolute atomic E-state index is 0.878. The van der Waals surface area contributed by atoms with E-state index in [2.05, 4.69) is 72.0 Å². The van der Waals surface area contributed by atoms with Crippen molar-refractivity contribution in [3.8, 4) is 71.0 Å². The molecule has 1 N–H and O–H groups in total. The van der Waals surface area contributed by atoms with Crippen molar-refractivity contribution >= 4 is 5.97 Å². The number of carbonyl (C=O) groups is 1. The van der Waals surface area contributed by atoms with Crippen LogP contribution in [0, 0.1) is 71.0 Å². The highest BCUT2D eigenvalue weighted by atomic mass is 16.4. The topological polar surface area (TPSA) is 37.3 Å². The van der Waals surface area contributed by atoms with Crippen LogP contribution in [0.2, 0.25) is 0 Å². The highest BCUT2D eigenvalue weighted by molar-refractivity contribution is 5.87. The molecule has 0 saturated heterocycles. The molecule has 0 heterocycles. The summed E-state index contributed by atoms with van der Waals surface area (Å²) < 4.78 is 0. The van der Waals surface area contributed by atoms with Gasteiger partial charge in [0.2, 0.25) is 0 Å². The smallest absolute Gasteiger partial charge is 0.382 e. The van der Waals surface area contributed by atoms with E-state index in [0.717, 1.165) is 12.8 Å². The molecule has 0 aliphatic heterocycles. The fraction of sp³-hybridized carbons (Fsp3) is 0.409. The summed E-state index contributed by atoms with van der Waals surface area (Å²) in [7, 11) is 0. The number of carboxylic acids is 1. The molecule has 0 aliphatic carbocycles. The first-order chi connectivity index (χ1) is 11.8. The summed E-state index contributed by atoms with van der Waals surface area (Å²) in [6.07, 6.45) is 9.83. The maximum Gasteiger partial charge on any atom is 0.382 e. The average molecular weight is 316 g/mol. The second-order valence-electron chi connectivity index (χ2n) is 4.73. The number of unbranched alkanes of at least 4 members (excludes halogenated alkanes) is 7. The number of hydrogen-bond donors (Lipinski definition) is 1.